The van der Waals surface area contributed by atoms with Gasteiger partial charge in [-0.2, -0.15) is 4.36 Å². The minimum atomic E-state index is -3.11. The van der Waals surface area contributed by atoms with E-state index in [0.29, 0.717) is 54.2 Å². The molecule has 0 saturated carbocycles. The van der Waals surface area contributed by atoms with Gasteiger partial charge in [-0.05, 0) is 75.3 Å². The Morgan fingerprint density at radius 3 is 2.60 bits per heavy atom. The number of aromatic nitrogens is 1. The van der Waals surface area contributed by atoms with E-state index in [2.05, 4.69) is 26.5 Å². The number of benzene rings is 2. The normalized spacial score (nSPS) is 15.8. The lowest BCUT2D eigenvalue weighted by Crippen LogP contribution is -2.25. The molecule has 2 aromatic heterocycles. The first-order valence-corrected chi connectivity index (χ1v) is 16.1. The number of hydrogen-bond acceptors (Lipinski definition) is 7. The maximum absolute atomic E-state index is 14.1. The number of likely N-dealkylation sites (tertiary alicyclic amines) is 1. The van der Waals surface area contributed by atoms with E-state index in [1.54, 1.807) is 73.7 Å². The molecule has 5 rings (SSSR count). The smallest absolute Gasteiger partial charge is 0.307 e. The summed E-state index contributed by atoms with van der Waals surface area (Å²) in [4.78, 5) is 43.8. The number of rotatable bonds is 9. The highest BCUT2D eigenvalue weighted by Gasteiger charge is 2.28. The number of carboxylic acid groups (broad SMARTS) is 1. The Balaban J connectivity index is 1.30. The molecule has 230 valence electrons. The van der Waals surface area contributed by atoms with Crippen LogP contribution in [0.4, 0.5) is 5.69 Å². The van der Waals surface area contributed by atoms with Gasteiger partial charge in [0.1, 0.15) is 0 Å². The lowest BCUT2D eigenvalue weighted by atomic mass is 10.1. The number of pyridine rings is 1. The third-order valence-corrected chi connectivity index (χ3v) is 9.70. The maximum atomic E-state index is 14.1. The van der Waals surface area contributed by atoms with Crippen LogP contribution in [0.1, 0.15) is 50.4 Å². The average molecular weight is 625 g/mol. The van der Waals surface area contributed by atoms with Crippen LogP contribution in [0, 0.1) is 24.7 Å². The summed E-state index contributed by atoms with van der Waals surface area (Å²) in [6, 6.07) is 19.0. The van der Waals surface area contributed by atoms with Gasteiger partial charge in [0.25, 0.3) is 11.8 Å². The van der Waals surface area contributed by atoms with Crippen LogP contribution in [0.5, 0.6) is 0 Å². The molecule has 10 nitrogen and oxygen atoms in total. The van der Waals surface area contributed by atoms with Crippen LogP contribution >= 0.6 is 0 Å². The van der Waals surface area contributed by atoms with Gasteiger partial charge >= 0.3 is 5.97 Å². The molecule has 2 atom stereocenters. The van der Waals surface area contributed by atoms with Gasteiger partial charge in [-0.15, -0.1) is 0 Å². The fraction of sp³-hybridized carbons (Fsp3) is 0.235. The quantitative estimate of drug-likeness (QED) is 0.245. The summed E-state index contributed by atoms with van der Waals surface area (Å²) in [6.45, 7) is 3.48. The molecule has 0 aliphatic carbocycles. The number of anilines is 1. The highest BCUT2D eigenvalue weighted by atomic mass is 32.2. The van der Waals surface area contributed by atoms with Gasteiger partial charge < -0.3 is 19.7 Å². The van der Waals surface area contributed by atoms with E-state index >= 15 is 0 Å². The van der Waals surface area contributed by atoms with Crippen molar-refractivity contribution in [3.8, 4) is 11.8 Å². The lowest BCUT2D eigenvalue weighted by molar-refractivity contribution is -0.141. The van der Waals surface area contributed by atoms with E-state index in [9.17, 15) is 23.7 Å². The second-order valence-electron chi connectivity index (χ2n) is 10.7. The Morgan fingerprint density at radius 1 is 1.07 bits per heavy atom. The summed E-state index contributed by atoms with van der Waals surface area (Å²) in [6.07, 6.45) is 5.42. The van der Waals surface area contributed by atoms with Gasteiger partial charge in [0.05, 0.1) is 27.5 Å². The number of carboxylic acids is 1. The Bertz CT molecular complexity index is 1900. The first-order valence-electron chi connectivity index (χ1n) is 14.4. The molecule has 2 aromatic carbocycles. The molecule has 3 heterocycles. The Hall–Kier alpha value is -5.05. The number of nitrogens with one attached hydrogen (secondary N) is 1. The topological polar surface area (TPSA) is 142 Å². The predicted molar refractivity (Wildman–Crippen MR) is 169 cm³/mol. The van der Waals surface area contributed by atoms with Gasteiger partial charge in [0, 0.05) is 52.0 Å². The fourth-order valence-corrected chi connectivity index (χ4v) is 6.90. The molecule has 0 radical (unpaired) electrons. The SMILES string of the molecule is Cc1ccoc1C(=O)Nc1cccc(C#Cc2cncc(C(=O)N=[S@](=O)(CCCN3CCC(C(=O)O)C3)c3ccccc3)c2)c1. The van der Waals surface area contributed by atoms with E-state index in [-0.39, 0.29) is 28.9 Å². The molecule has 0 spiro atoms. The second kappa shape index (κ2) is 14.2. The number of amides is 2. The molecule has 1 aliphatic heterocycles. The molecular formula is C34H32N4O6S. The molecule has 11 heteroatoms. The van der Waals surface area contributed by atoms with Crippen LogP contribution in [-0.2, 0) is 14.5 Å². The van der Waals surface area contributed by atoms with E-state index in [1.807, 2.05) is 4.90 Å². The van der Waals surface area contributed by atoms with Crippen LogP contribution in [0.3, 0.4) is 0 Å². The molecule has 45 heavy (non-hydrogen) atoms. The molecule has 1 aliphatic rings. The Labute approximate surface area is 261 Å². The van der Waals surface area contributed by atoms with Crippen LogP contribution in [0.25, 0.3) is 0 Å². The van der Waals surface area contributed by atoms with Gasteiger partial charge in [0.2, 0.25) is 0 Å². The molecule has 0 bridgehead atoms. The number of aliphatic carboxylic acids is 1. The Morgan fingerprint density at radius 2 is 1.87 bits per heavy atom. The number of aryl methyl sites for hydroxylation is 1. The van der Waals surface area contributed by atoms with E-state index < -0.39 is 21.6 Å². The van der Waals surface area contributed by atoms with Crippen molar-refractivity contribution in [1.29, 1.82) is 0 Å². The largest absolute Gasteiger partial charge is 0.481 e. The number of carbonyl (C=O) groups excluding carboxylic acids is 2. The third kappa shape index (κ3) is 8.12. The maximum Gasteiger partial charge on any atom is 0.307 e. The summed E-state index contributed by atoms with van der Waals surface area (Å²) in [5, 5.41) is 12.1. The van der Waals surface area contributed by atoms with Crippen LogP contribution < -0.4 is 5.32 Å². The number of hydrogen-bond donors (Lipinski definition) is 2. The summed E-state index contributed by atoms with van der Waals surface area (Å²) in [5.74, 6) is 4.18. The van der Waals surface area contributed by atoms with Crippen molar-refractivity contribution in [2.45, 2.75) is 24.7 Å². The van der Waals surface area contributed by atoms with E-state index in [1.165, 1.54) is 18.7 Å². The average Bonchev–Trinajstić information content (AvgIpc) is 3.70. The number of furan rings is 1. The predicted octanol–water partition coefficient (Wildman–Crippen LogP) is 5.10. The van der Waals surface area contributed by atoms with Crippen molar-refractivity contribution in [2.24, 2.45) is 10.3 Å². The highest BCUT2D eigenvalue weighted by Crippen LogP contribution is 2.20. The summed E-state index contributed by atoms with van der Waals surface area (Å²) >= 11 is 0. The number of nitrogens with zero attached hydrogens (tertiary/aromatic N) is 3. The van der Waals surface area contributed by atoms with Gasteiger partial charge in [-0.3, -0.25) is 19.4 Å². The van der Waals surface area contributed by atoms with Gasteiger partial charge in [-0.25, -0.2) is 4.21 Å². The molecule has 1 fully saturated rings. The fourth-order valence-electron chi connectivity index (χ4n) is 4.99. The lowest BCUT2D eigenvalue weighted by Gasteiger charge is -2.16. The molecule has 1 unspecified atom stereocenters. The van der Waals surface area contributed by atoms with Crippen molar-refractivity contribution >= 4 is 33.2 Å². The van der Waals surface area contributed by atoms with Crippen molar-refractivity contribution in [2.75, 3.05) is 30.7 Å². The molecule has 1 saturated heterocycles. The summed E-state index contributed by atoms with van der Waals surface area (Å²) < 4.78 is 23.6. The van der Waals surface area contributed by atoms with E-state index in [4.69, 9.17) is 4.42 Å². The van der Waals surface area contributed by atoms with Gasteiger partial charge in [-0.1, -0.05) is 36.1 Å². The standard InChI is InChI=1S/C34H32N4O6S/c1-24-14-17-44-31(24)33(40)36-29-8-5-7-25(20-29)11-12-26-19-28(22-35-21-26)32(39)37-45(43,30-9-3-2-4-10-30)18-6-15-38-16-13-27(23-38)34(41)42/h2-5,7-10,14,17,19-22,27H,6,13,15-16,18,23H2,1H3,(H,36,40)(H,41,42)/t27?,45-/m0/s1. The monoisotopic (exact) mass is 624 g/mol. The van der Waals surface area contributed by atoms with Crippen LogP contribution in [-0.4, -0.2) is 62.4 Å². The molecular weight excluding hydrogens is 592 g/mol. The number of carbonyl (C=O) groups is 3. The zero-order chi connectivity index (χ0) is 31.8. The van der Waals surface area contributed by atoms with Crippen LogP contribution in [0.15, 0.2) is 99.1 Å². The highest BCUT2D eigenvalue weighted by molar-refractivity contribution is 7.94. The minimum Gasteiger partial charge on any atom is -0.481 e. The van der Waals surface area contributed by atoms with Crippen molar-refractivity contribution in [1.82, 2.24) is 9.88 Å². The summed E-state index contributed by atoms with van der Waals surface area (Å²) in [5.41, 5.74) is 2.53. The first-order chi connectivity index (χ1) is 21.7. The van der Waals surface area contributed by atoms with Crippen LogP contribution in [0.2, 0.25) is 0 Å². The van der Waals surface area contributed by atoms with Crippen molar-refractivity contribution < 1.29 is 28.1 Å². The van der Waals surface area contributed by atoms with Crippen molar-refractivity contribution in [3.05, 3.63) is 113 Å². The second-order valence-corrected chi connectivity index (χ2v) is 13.1. The molecule has 2 amide bonds. The minimum absolute atomic E-state index is 0.149. The zero-order valence-electron chi connectivity index (χ0n) is 24.6. The first kappa shape index (κ1) is 31.4. The van der Waals surface area contributed by atoms with E-state index in [0.717, 1.165) is 5.56 Å². The van der Waals surface area contributed by atoms with Gasteiger partial charge in [0.15, 0.2) is 5.76 Å². The summed E-state index contributed by atoms with van der Waals surface area (Å²) in [7, 11) is -3.11. The Kier molecular flexibility index (Phi) is 9.87. The third-order valence-electron chi connectivity index (χ3n) is 7.38. The van der Waals surface area contributed by atoms with Crippen molar-refractivity contribution in [3.63, 3.8) is 0 Å². The molecule has 4 aromatic rings. The zero-order valence-corrected chi connectivity index (χ0v) is 25.5. The molecule has 2 N–H and O–H groups in total.